The average molecular weight is 414 g/mol. The highest BCUT2D eigenvalue weighted by molar-refractivity contribution is 6.13. The second-order valence-corrected chi connectivity index (χ2v) is 6.07. The van der Waals surface area contributed by atoms with Gasteiger partial charge in [0.05, 0.1) is 20.8 Å². The van der Waals surface area contributed by atoms with E-state index >= 15 is 0 Å². The molecule has 1 aromatic carbocycles. The topological polar surface area (TPSA) is 124 Å². The molecule has 0 spiro atoms. The Morgan fingerprint density at radius 1 is 1.13 bits per heavy atom. The number of rotatable bonds is 7. The monoisotopic (exact) mass is 414 g/mol. The van der Waals surface area contributed by atoms with Gasteiger partial charge in [0.15, 0.2) is 6.61 Å². The van der Waals surface area contributed by atoms with Gasteiger partial charge in [-0.05, 0) is 35.9 Å². The zero-order valence-electron chi connectivity index (χ0n) is 16.2. The first-order valence-electron chi connectivity index (χ1n) is 8.72. The van der Waals surface area contributed by atoms with Gasteiger partial charge in [0.25, 0.3) is 5.91 Å². The quantitative estimate of drug-likeness (QED) is 0.412. The van der Waals surface area contributed by atoms with Gasteiger partial charge in [0, 0.05) is 0 Å². The first-order valence-corrected chi connectivity index (χ1v) is 8.72. The Kier molecular flexibility index (Phi) is 6.16. The molecule has 1 saturated heterocycles. The van der Waals surface area contributed by atoms with E-state index in [0.29, 0.717) is 11.3 Å². The Bertz CT molecular complexity index is 1020. The molecule has 0 radical (unpaired) electrons. The SMILES string of the molecule is COC(=O)COc1cccc(/C=C2\NC(=O)N(Cc3ccc(C(=O)OC)o3)C2=O)c1. The Labute approximate surface area is 171 Å². The summed E-state index contributed by atoms with van der Waals surface area (Å²) >= 11 is 0. The van der Waals surface area contributed by atoms with Crippen LogP contribution in [0.2, 0.25) is 0 Å². The van der Waals surface area contributed by atoms with Crippen molar-refractivity contribution in [1.82, 2.24) is 10.2 Å². The van der Waals surface area contributed by atoms with Gasteiger partial charge in [0.1, 0.15) is 17.2 Å². The zero-order valence-corrected chi connectivity index (χ0v) is 16.2. The summed E-state index contributed by atoms with van der Waals surface area (Å²) in [5.74, 6) is -1.13. The van der Waals surface area contributed by atoms with Gasteiger partial charge in [-0.1, -0.05) is 12.1 Å². The van der Waals surface area contributed by atoms with E-state index in [2.05, 4.69) is 14.8 Å². The maximum Gasteiger partial charge on any atom is 0.373 e. The number of carbonyl (C=O) groups is 4. The van der Waals surface area contributed by atoms with Crippen LogP contribution in [0.1, 0.15) is 21.9 Å². The predicted octanol–water partition coefficient (Wildman–Crippen LogP) is 1.71. The number of urea groups is 1. The van der Waals surface area contributed by atoms with E-state index in [9.17, 15) is 19.2 Å². The fourth-order valence-electron chi connectivity index (χ4n) is 2.61. The summed E-state index contributed by atoms with van der Waals surface area (Å²) in [7, 11) is 2.47. The molecule has 1 fully saturated rings. The van der Waals surface area contributed by atoms with Crippen LogP contribution in [0, 0.1) is 0 Å². The number of nitrogens with one attached hydrogen (secondary N) is 1. The molecule has 0 unspecified atom stereocenters. The molecule has 0 atom stereocenters. The van der Waals surface area contributed by atoms with Crippen molar-refractivity contribution in [3.05, 3.63) is 59.2 Å². The molecule has 3 amide bonds. The molecule has 10 nitrogen and oxygen atoms in total. The lowest BCUT2D eigenvalue weighted by Gasteiger charge is -2.09. The summed E-state index contributed by atoms with van der Waals surface area (Å²) in [5.41, 5.74) is 0.638. The highest BCUT2D eigenvalue weighted by Gasteiger charge is 2.34. The number of benzene rings is 1. The van der Waals surface area contributed by atoms with Gasteiger partial charge >= 0.3 is 18.0 Å². The second kappa shape index (κ2) is 8.95. The predicted molar refractivity (Wildman–Crippen MR) is 101 cm³/mol. The van der Waals surface area contributed by atoms with Gasteiger partial charge in [0.2, 0.25) is 5.76 Å². The third-order valence-electron chi connectivity index (χ3n) is 4.08. The maximum atomic E-state index is 12.6. The lowest BCUT2D eigenvalue weighted by Crippen LogP contribution is -2.30. The zero-order chi connectivity index (χ0) is 21.7. The number of hydrogen-bond donors (Lipinski definition) is 1. The van der Waals surface area contributed by atoms with Gasteiger partial charge in [-0.25, -0.2) is 14.4 Å². The fourth-order valence-corrected chi connectivity index (χ4v) is 2.61. The molecule has 0 aliphatic carbocycles. The number of carbonyl (C=O) groups excluding carboxylic acids is 4. The molecule has 1 aromatic heterocycles. The van der Waals surface area contributed by atoms with E-state index in [-0.39, 0.29) is 30.4 Å². The molecule has 2 aromatic rings. The van der Waals surface area contributed by atoms with E-state index < -0.39 is 23.9 Å². The van der Waals surface area contributed by atoms with Crippen LogP contribution in [0.5, 0.6) is 5.75 Å². The second-order valence-electron chi connectivity index (χ2n) is 6.07. The van der Waals surface area contributed by atoms with Gasteiger partial charge in [-0.2, -0.15) is 0 Å². The van der Waals surface area contributed by atoms with Crippen LogP contribution in [0.25, 0.3) is 6.08 Å². The number of methoxy groups -OCH3 is 2. The van der Waals surface area contributed by atoms with E-state index in [0.717, 1.165) is 4.90 Å². The molecular weight excluding hydrogens is 396 g/mol. The van der Waals surface area contributed by atoms with Crippen LogP contribution in [0.15, 0.2) is 46.5 Å². The standard InChI is InChI=1S/C20H18N2O8/c1-27-17(23)11-29-13-5-3-4-12(8-13)9-15-18(24)22(20(26)21-15)10-14-6-7-16(30-14)19(25)28-2/h3-9H,10-11H2,1-2H3,(H,21,26)/b15-9-. The minimum Gasteiger partial charge on any atom is -0.482 e. The van der Waals surface area contributed by atoms with Gasteiger partial charge in [-0.3, -0.25) is 9.69 Å². The van der Waals surface area contributed by atoms with Crippen LogP contribution in [-0.4, -0.2) is 49.6 Å². The Balaban J connectivity index is 1.71. The van der Waals surface area contributed by atoms with E-state index in [1.54, 1.807) is 24.3 Å². The van der Waals surface area contributed by atoms with Gasteiger partial charge < -0.3 is 23.9 Å². The van der Waals surface area contributed by atoms with Crippen molar-refractivity contribution in [1.29, 1.82) is 0 Å². The van der Waals surface area contributed by atoms with Crippen molar-refractivity contribution in [3.63, 3.8) is 0 Å². The fraction of sp³-hybridized carbons (Fsp3) is 0.200. The minimum absolute atomic E-state index is 0.0286. The molecule has 0 bridgehead atoms. The molecule has 1 aliphatic rings. The number of ether oxygens (including phenoxy) is 3. The number of furan rings is 1. The summed E-state index contributed by atoms with van der Waals surface area (Å²) in [6, 6.07) is 8.88. The minimum atomic E-state index is -0.659. The Morgan fingerprint density at radius 2 is 1.93 bits per heavy atom. The maximum absolute atomic E-state index is 12.6. The third-order valence-corrected chi connectivity index (χ3v) is 4.08. The number of esters is 2. The molecule has 1 N–H and O–H groups in total. The smallest absolute Gasteiger partial charge is 0.373 e. The summed E-state index contributed by atoms with van der Waals surface area (Å²) in [6.45, 7) is -0.405. The van der Waals surface area contributed by atoms with Crippen LogP contribution < -0.4 is 10.1 Å². The summed E-state index contributed by atoms with van der Waals surface area (Å²) in [5, 5.41) is 2.49. The Hall–Kier alpha value is -4.08. The van der Waals surface area contributed by atoms with Crippen LogP contribution in [0.3, 0.4) is 0 Å². The molecular formula is C20H18N2O8. The average Bonchev–Trinajstić information content (AvgIpc) is 3.32. The van der Waals surface area contributed by atoms with Crippen molar-refractivity contribution >= 4 is 30.0 Å². The largest absolute Gasteiger partial charge is 0.482 e. The molecule has 3 rings (SSSR count). The van der Waals surface area contributed by atoms with Crippen molar-refractivity contribution in [3.8, 4) is 5.75 Å². The first kappa shape index (κ1) is 20.6. The lowest BCUT2D eigenvalue weighted by atomic mass is 10.2. The Morgan fingerprint density at radius 3 is 2.67 bits per heavy atom. The van der Waals surface area contributed by atoms with E-state index in [1.165, 1.54) is 32.4 Å². The number of amides is 3. The number of hydrogen-bond acceptors (Lipinski definition) is 8. The lowest BCUT2D eigenvalue weighted by molar-refractivity contribution is -0.142. The molecule has 1 aliphatic heterocycles. The van der Waals surface area contributed by atoms with E-state index in [4.69, 9.17) is 9.15 Å². The number of imide groups is 1. The van der Waals surface area contributed by atoms with Gasteiger partial charge in [-0.15, -0.1) is 0 Å². The summed E-state index contributed by atoms with van der Waals surface area (Å²) in [6.07, 6.45) is 1.48. The molecule has 10 heteroatoms. The highest BCUT2D eigenvalue weighted by atomic mass is 16.6. The summed E-state index contributed by atoms with van der Waals surface area (Å²) < 4.78 is 19.7. The molecule has 0 saturated carbocycles. The van der Waals surface area contributed by atoms with Crippen molar-refractivity contribution in [2.24, 2.45) is 0 Å². The highest BCUT2D eigenvalue weighted by Crippen LogP contribution is 2.20. The van der Waals surface area contributed by atoms with Crippen LogP contribution >= 0.6 is 0 Å². The van der Waals surface area contributed by atoms with Crippen molar-refractivity contribution in [2.45, 2.75) is 6.54 Å². The van der Waals surface area contributed by atoms with Crippen LogP contribution in [-0.2, 0) is 25.6 Å². The molecule has 2 heterocycles. The normalized spacial score (nSPS) is 14.6. The summed E-state index contributed by atoms with van der Waals surface area (Å²) in [4.78, 5) is 48.4. The van der Waals surface area contributed by atoms with Crippen molar-refractivity contribution in [2.75, 3.05) is 20.8 Å². The first-order chi connectivity index (χ1) is 14.4. The van der Waals surface area contributed by atoms with Crippen molar-refractivity contribution < 1.29 is 37.8 Å². The van der Waals surface area contributed by atoms with E-state index in [1.807, 2.05) is 0 Å². The third kappa shape index (κ3) is 4.66. The molecule has 30 heavy (non-hydrogen) atoms. The van der Waals surface area contributed by atoms with Crippen LogP contribution in [0.4, 0.5) is 4.79 Å². The number of nitrogens with zero attached hydrogens (tertiary/aromatic N) is 1. The molecule has 156 valence electrons.